The lowest BCUT2D eigenvalue weighted by molar-refractivity contribution is 0.148. The first-order chi connectivity index (χ1) is 10.2. The van der Waals surface area contributed by atoms with Crippen molar-refractivity contribution in [3.63, 3.8) is 0 Å². The van der Waals surface area contributed by atoms with Crippen molar-refractivity contribution < 1.29 is 9.84 Å². The number of hydrogen-bond acceptors (Lipinski definition) is 3. The Bertz CT molecular complexity index is 607. The number of benzene rings is 1. The number of piperidine rings is 1. The maximum atomic E-state index is 11.7. The molecule has 1 aliphatic rings. The van der Waals surface area contributed by atoms with E-state index in [0.717, 1.165) is 30.7 Å². The van der Waals surface area contributed by atoms with Gasteiger partial charge in [0.2, 0.25) is 0 Å². The van der Waals surface area contributed by atoms with Crippen LogP contribution in [-0.4, -0.2) is 17.6 Å². The molecule has 2 unspecified atom stereocenters. The van der Waals surface area contributed by atoms with Crippen LogP contribution >= 0.6 is 0 Å². The van der Waals surface area contributed by atoms with E-state index in [9.17, 15) is 5.11 Å². The normalized spacial score (nSPS) is 22.0. The summed E-state index contributed by atoms with van der Waals surface area (Å²) >= 11 is 0. The van der Waals surface area contributed by atoms with Gasteiger partial charge in [0.25, 0.3) is 5.88 Å². The number of aromatic nitrogens is 1. The van der Waals surface area contributed by atoms with Crippen LogP contribution in [0, 0.1) is 6.92 Å². The highest BCUT2D eigenvalue weighted by Crippen LogP contribution is 2.29. The van der Waals surface area contributed by atoms with E-state index in [1.165, 1.54) is 11.8 Å². The summed E-state index contributed by atoms with van der Waals surface area (Å²) in [6, 6.07) is 11.8. The molecule has 2 atom stereocenters. The van der Waals surface area contributed by atoms with Crippen molar-refractivity contribution in [3.8, 4) is 11.6 Å². The van der Waals surface area contributed by atoms with Gasteiger partial charge >= 0.3 is 0 Å². The maximum absolute atomic E-state index is 11.7. The van der Waals surface area contributed by atoms with Crippen molar-refractivity contribution >= 4 is 0 Å². The molecule has 1 aromatic carbocycles. The third-order valence-electron chi connectivity index (χ3n) is 3.84. The Morgan fingerprint density at radius 2 is 2.14 bits per heavy atom. The minimum atomic E-state index is -0.131. The van der Waals surface area contributed by atoms with Crippen LogP contribution < -0.4 is 10.1 Å². The summed E-state index contributed by atoms with van der Waals surface area (Å²) < 4.78 is 5.99. The highest BCUT2D eigenvalue weighted by Gasteiger charge is 2.25. The summed E-state index contributed by atoms with van der Waals surface area (Å²) in [6.07, 6.45) is 3.50. The van der Waals surface area contributed by atoms with Crippen molar-refractivity contribution in [2.75, 3.05) is 6.54 Å². The van der Waals surface area contributed by atoms with Gasteiger partial charge in [-0.25, -0.2) is 4.98 Å². The standard InChI is InChI=1S/C17H19N2O2/c1-12-4-2-5-13(10-12)21-14-7-8-16(19-11-14)15-6-3-9-18-17(15)20/h2-6,9-10,14,16,19H,7-8,11H2,1H3. The Kier molecular flexibility index (Phi) is 4.06. The summed E-state index contributed by atoms with van der Waals surface area (Å²) in [5.74, 6) is 0.777. The number of hydrogen-bond donors (Lipinski definition) is 1. The Morgan fingerprint density at radius 1 is 1.24 bits per heavy atom. The molecule has 1 fully saturated rings. The minimum absolute atomic E-state index is 0.0866. The summed E-state index contributed by atoms with van der Waals surface area (Å²) in [6.45, 7) is 2.80. The number of pyridine rings is 1. The van der Waals surface area contributed by atoms with E-state index in [1.807, 2.05) is 30.3 Å². The zero-order chi connectivity index (χ0) is 14.7. The molecular formula is C17H19N2O2. The van der Waals surface area contributed by atoms with Gasteiger partial charge in [0.1, 0.15) is 11.9 Å². The predicted molar refractivity (Wildman–Crippen MR) is 79.9 cm³/mol. The molecular weight excluding hydrogens is 264 g/mol. The molecule has 4 heteroatoms. The average Bonchev–Trinajstić information content (AvgIpc) is 2.49. The van der Waals surface area contributed by atoms with Crippen molar-refractivity contribution in [2.24, 2.45) is 0 Å². The van der Waals surface area contributed by atoms with Crippen LogP contribution in [-0.2, 0) is 5.11 Å². The molecule has 0 amide bonds. The second kappa shape index (κ2) is 6.14. The predicted octanol–water partition coefficient (Wildman–Crippen LogP) is 3.41. The highest BCUT2D eigenvalue weighted by molar-refractivity contribution is 5.29. The van der Waals surface area contributed by atoms with Crippen molar-refractivity contribution in [2.45, 2.75) is 31.9 Å². The summed E-state index contributed by atoms with van der Waals surface area (Å²) in [5, 5.41) is 15.1. The molecule has 4 nitrogen and oxygen atoms in total. The number of nitrogens with zero attached hydrogens (tertiary/aromatic N) is 1. The maximum Gasteiger partial charge on any atom is 0.274 e. The van der Waals surface area contributed by atoms with Crippen LogP contribution in [0.1, 0.15) is 30.0 Å². The first-order valence-electron chi connectivity index (χ1n) is 7.31. The van der Waals surface area contributed by atoms with E-state index in [0.29, 0.717) is 0 Å². The van der Waals surface area contributed by atoms with Gasteiger partial charge in [-0.1, -0.05) is 18.2 Å². The molecule has 1 aromatic heterocycles. The van der Waals surface area contributed by atoms with Crippen LogP contribution in [0.5, 0.6) is 11.6 Å². The molecule has 1 N–H and O–H groups in total. The first kappa shape index (κ1) is 13.9. The van der Waals surface area contributed by atoms with E-state index in [1.54, 1.807) is 0 Å². The Hall–Kier alpha value is -2.07. The van der Waals surface area contributed by atoms with Crippen LogP contribution in [0.2, 0.25) is 0 Å². The molecule has 21 heavy (non-hydrogen) atoms. The molecule has 1 radical (unpaired) electrons. The fraction of sp³-hybridized carbons (Fsp3) is 0.353. The van der Waals surface area contributed by atoms with E-state index in [-0.39, 0.29) is 18.0 Å². The van der Waals surface area contributed by atoms with E-state index < -0.39 is 0 Å². The second-order valence-electron chi connectivity index (χ2n) is 5.49. The van der Waals surface area contributed by atoms with Gasteiger partial charge in [0, 0.05) is 24.3 Å². The molecule has 109 valence electrons. The molecule has 1 aliphatic heterocycles. The Balaban J connectivity index is 1.59. The largest absolute Gasteiger partial charge is 0.489 e. The second-order valence-corrected chi connectivity index (χ2v) is 5.49. The van der Waals surface area contributed by atoms with Crippen LogP contribution in [0.4, 0.5) is 0 Å². The number of rotatable bonds is 3. The van der Waals surface area contributed by atoms with Gasteiger partial charge in [-0.05, 0) is 43.5 Å². The van der Waals surface area contributed by atoms with Crippen molar-refractivity contribution in [1.29, 1.82) is 0 Å². The summed E-state index contributed by atoms with van der Waals surface area (Å²) in [4.78, 5) is 3.82. The smallest absolute Gasteiger partial charge is 0.274 e. The van der Waals surface area contributed by atoms with Crippen LogP contribution in [0.3, 0.4) is 0 Å². The molecule has 0 bridgehead atoms. The SMILES string of the molecule is Cc1cccc(OC2CCC(c3cccnc3[O])NC2)c1. The lowest BCUT2D eigenvalue weighted by Gasteiger charge is -2.30. The van der Waals surface area contributed by atoms with Gasteiger partial charge in [0.15, 0.2) is 0 Å². The van der Waals surface area contributed by atoms with Crippen molar-refractivity contribution in [3.05, 3.63) is 53.7 Å². The van der Waals surface area contributed by atoms with Gasteiger partial charge in [-0.3, -0.25) is 5.11 Å². The monoisotopic (exact) mass is 283 g/mol. The number of aryl methyl sites for hydroxylation is 1. The van der Waals surface area contributed by atoms with Crippen LogP contribution in [0.25, 0.3) is 0 Å². The average molecular weight is 283 g/mol. The molecule has 3 rings (SSSR count). The van der Waals surface area contributed by atoms with Gasteiger partial charge in [0.05, 0.1) is 0 Å². The zero-order valence-corrected chi connectivity index (χ0v) is 12.1. The fourth-order valence-corrected chi connectivity index (χ4v) is 2.75. The minimum Gasteiger partial charge on any atom is -0.489 e. The summed E-state index contributed by atoms with van der Waals surface area (Å²) in [5.41, 5.74) is 1.95. The topological polar surface area (TPSA) is 54.0 Å². The van der Waals surface area contributed by atoms with Crippen LogP contribution in [0.15, 0.2) is 42.6 Å². The molecule has 1 saturated heterocycles. The number of nitrogens with one attached hydrogen (secondary N) is 1. The molecule has 2 aromatic rings. The zero-order valence-electron chi connectivity index (χ0n) is 12.1. The first-order valence-corrected chi connectivity index (χ1v) is 7.31. The van der Waals surface area contributed by atoms with E-state index in [4.69, 9.17) is 4.74 Å². The lowest BCUT2D eigenvalue weighted by Crippen LogP contribution is -2.39. The summed E-state index contributed by atoms with van der Waals surface area (Å²) in [7, 11) is 0. The Morgan fingerprint density at radius 3 is 2.86 bits per heavy atom. The lowest BCUT2D eigenvalue weighted by atomic mass is 9.97. The number of ether oxygens (including phenoxy) is 1. The molecule has 0 aliphatic carbocycles. The van der Waals surface area contributed by atoms with Gasteiger partial charge in [-0.2, -0.15) is 0 Å². The van der Waals surface area contributed by atoms with Crippen molar-refractivity contribution in [1.82, 2.24) is 10.3 Å². The quantitative estimate of drug-likeness (QED) is 0.939. The fourth-order valence-electron chi connectivity index (χ4n) is 2.75. The third-order valence-corrected chi connectivity index (χ3v) is 3.84. The third kappa shape index (κ3) is 3.34. The molecule has 0 spiro atoms. The Labute approximate surface area is 124 Å². The van der Waals surface area contributed by atoms with E-state index in [2.05, 4.69) is 23.3 Å². The van der Waals surface area contributed by atoms with Gasteiger partial charge in [-0.15, -0.1) is 0 Å². The molecule has 2 heterocycles. The highest BCUT2D eigenvalue weighted by atomic mass is 16.5. The van der Waals surface area contributed by atoms with Gasteiger partial charge < -0.3 is 10.1 Å². The van der Waals surface area contributed by atoms with E-state index >= 15 is 0 Å². The molecule has 0 saturated carbocycles.